The molecule has 0 saturated heterocycles. The molecule has 1 aromatic heterocycles. The van der Waals surface area contributed by atoms with E-state index in [-0.39, 0.29) is 11.9 Å². The number of hydrogen-bond acceptors (Lipinski definition) is 3. The molecular formula is C12H20N4O. The molecule has 0 bridgehead atoms. The number of rotatable bonds is 6. The third-order valence-electron chi connectivity index (χ3n) is 2.68. The normalized spacial score (nSPS) is 12.2. The zero-order valence-electron chi connectivity index (χ0n) is 10.7. The van der Waals surface area contributed by atoms with Gasteiger partial charge in [0, 0.05) is 38.1 Å². The number of hydrogen-bond donors (Lipinski definition) is 1. The molecule has 0 fully saturated rings. The van der Waals surface area contributed by atoms with Gasteiger partial charge in [0.2, 0.25) is 5.91 Å². The smallest absolute Gasteiger partial charge is 0.239 e. The van der Waals surface area contributed by atoms with Gasteiger partial charge in [-0.05, 0) is 13.8 Å². The lowest BCUT2D eigenvalue weighted by Crippen LogP contribution is -2.42. The minimum atomic E-state index is -0.188. The van der Waals surface area contributed by atoms with E-state index in [1.807, 2.05) is 20.0 Å². The predicted molar refractivity (Wildman–Crippen MR) is 68.2 cm³/mol. The van der Waals surface area contributed by atoms with Crippen LogP contribution < -0.4 is 5.32 Å². The van der Waals surface area contributed by atoms with E-state index >= 15 is 0 Å². The maximum absolute atomic E-state index is 11.8. The highest BCUT2D eigenvalue weighted by Gasteiger charge is 2.15. The Morgan fingerprint density at radius 3 is 3.00 bits per heavy atom. The maximum atomic E-state index is 11.8. The lowest BCUT2D eigenvalue weighted by Gasteiger charge is -2.20. The van der Waals surface area contributed by atoms with Crippen LogP contribution in [0, 0.1) is 0 Å². The van der Waals surface area contributed by atoms with Crippen LogP contribution in [0.3, 0.4) is 0 Å². The SMILES string of the molecule is C=Cn1cc(CNC(C)C(=O)N(C)CC)cn1. The Morgan fingerprint density at radius 1 is 1.76 bits per heavy atom. The van der Waals surface area contributed by atoms with Crippen LogP contribution in [0.25, 0.3) is 6.20 Å². The molecule has 0 aliphatic rings. The van der Waals surface area contributed by atoms with E-state index in [1.165, 1.54) is 0 Å². The van der Waals surface area contributed by atoms with Crippen LogP contribution in [-0.4, -0.2) is 40.2 Å². The quantitative estimate of drug-likeness (QED) is 0.799. The number of amides is 1. The molecule has 0 saturated carbocycles. The molecular weight excluding hydrogens is 216 g/mol. The van der Waals surface area contributed by atoms with Crippen LogP contribution in [0.15, 0.2) is 19.0 Å². The van der Waals surface area contributed by atoms with E-state index in [0.29, 0.717) is 6.54 Å². The molecule has 1 rings (SSSR count). The van der Waals surface area contributed by atoms with Crippen molar-refractivity contribution in [2.75, 3.05) is 13.6 Å². The summed E-state index contributed by atoms with van der Waals surface area (Å²) in [5.41, 5.74) is 1.03. The fraction of sp³-hybridized carbons (Fsp3) is 0.500. The van der Waals surface area contributed by atoms with Gasteiger partial charge in [-0.3, -0.25) is 4.79 Å². The largest absolute Gasteiger partial charge is 0.345 e. The number of likely N-dealkylation sites (N-methyl/N-ethyl adjacent to an activating group) is 1. The lowest BCUT2D eigenvalue weighted by molar-refractivity contribution is -0.131. The topological polar surface area (TPSA) is 50.2 Å². The molecule has 1 amide bonds. The Kier molecular flexibility index (Phi) is 4.90. The first-order valence-electron chi connectivity index (χ1n) is 5.72. The zero-order chi connectivity index (χ0) is 12.8. The average Bonchev–Trinajstić information content (AvgIpc) is 2.81. The van der Waals surface area contributed by atoms with Crippen molar-refractivity contribution in [2.45, 2.75) is 26.4 Å². The van der Waals surface area contributed by atoms with Gasteiger partial charge in [-0.2, -0.15) is 5.10 Å². The second-order valence-corrected chi connectivity index (χ2v) is 3.97. The van der Waals surface area contributed by atoms with Crippen LogP contribution in [0.5, 0.6) is 0 Å². The van der Waals surface area contributed by atoms with Crippen molar-refractivity contribution in [3.63, 3.8) is 0 Å². The highest BCUT2D eigenvalue weighted by molar-refractivity contribution is 5.81. The average molecular weight is 236 g/mol. The molecule has 0 aromatic carbocycles. The van der Waals surface area contributed by atoms with Gasteiger partial charge in [0.05, 0.1) is 12.2 Å². The van der Waals surface area contributed by atoms with Gasteiger partial charge < -0.3 is 10.2 Å². The Hall–Kier alpha value is -1.62. The molecule has 17 heavy (non-hydrogen) atoms. The first kappa shape index (κ1) is 13.4. The second-order valence-electron chi connectivity index (χ2n) is 3.97. The Labute approximate surface area is 102 Å². The molecule has 0 spiro atoms. The second kappa shape index (κ2) is 6.20. The Balaban J connectivity index is 2.44. The molecule has 1 unspecified atom stereocenters. The molecule has 1 aromatic rings. The summed E-state index contributed by atoms with van der Waals surface area (Å²) >= 11 is 0. The number of nitrogens with zero attached hydrogens (tertiary/aromatic N) is 3. The zero-order valence-corrected chi connectivity index (χ0v) is 10.7. The first-order chi connectivity index (χ1) is 8.08. The van der Waals surface area contributed by atoms with Crippen LogP contribution in [0.4, 0.5) is 0 Å². The molecule has 5 heteroatoms. The van der Waals surface area contributed by atoms with Crippen molar-refractivity contribution >= 4 is 12.1 Å². The van der Waals surface area contributed by atoms with Crippen molar-refractivity contribution in [1.29, 1.82) is 0 Å². The van der Waals surface area contributed by atoms with Crippen molar-refractivity contribution in [3.8, 4) is 0 Å². The van der Waals surface area contributed by atoms with Gasteiger partial charge in [0.1, 0.15) is 0 Å². The minimum Gasteiger partial charge on any atom is -0.345 e. The summed E-state index contributed by atoms with van der Waals surface area (Å²) < 4.78 is 1.64. The molecule has 5 nitrogen and oxygen atoms in total. The van der Waals surface area contributed by atoms with Gasteiger partial charge in [-0.15, -0.1) is 0 Å². The van der Waals surface area contributed by atoms with E-state index < -0.39 is 0 Å². The summed E-state index contributed by atoms with van der Waals surface area (Å²) in [4.78, 5) is 13.5. The molecule has 0 radical (unpaired) electrons. The monoisotopic (exact) mass is 236 g/mol. The van der Waals surface area contributed by atoms with Gasteiger partial charge in [-0.1, -0.05) is 6.58 Å². The van der Waals surface area contributed by atoms with Crippen molar-refractivity contribution in [1.82, 2.24) is 20.0 Å². The highest BCUT2D eigenvalue weighted by Crippen LogP contribution is 1.99. The number of aromatic nitrogens is 2. The molecule has 0 aliphatic heterocycles. The van der Waals surface area contributed by atoms with Gasteiger partial charge >= 0.3 is 0 Å². The number of carbonyl (C=O) groups is 1. The van der Waals surface area contributed by atoms with Gasteiger partial charge in [0.15, 0.2) is 0 Å². The summed E-state index contributed by atoms with van der Waals surface area (Å²) in [5.74, 6) is 0.101. The standard InChI is InChI=1S/C12H20N4O/c1-5-15(4)12(17)10(3)13-7-11-8-14-16(6-2)9-11/h6,8-10,13H,2,5,7H2,1,3-4H3. The predicted octanol–water partition coefficient (Wildman–Crippen LogP) is 0.940. The molecule has 1 atom stereocenters. The molecule has 94 valence electrons. The minimum absolute atomic E-state index is 0.101. The molecule has 0 aliphatic carbocycles. The Bertz CT molecular complexity index is 386. The summed E-state index contributed by atoms with van der Waals surface area (Å²) in [7, 11) is 1.80. The van der Waals surface area contributed by atoms with E-state index in [0.717, 1.165) is 12.1 Å². The lowest BCUT2D eigenvalue weighted by atomic mass is 10.2. The van der Waals surface area contributed by atoms with Crippen LogP contribution in [0.1, 0.15) is 19.4 Å². The van der Waals surface area contributed by atoms with Crippen molar-refractivity contribution < 1.29 is 4.79 Å². The highest BCUT2D eigenvalue weighted by atomic mass is 16.2. The van der Waals surface area contributed by atoms with Crippen LogP contribution in [0.2, 0.25) is 0 Å². The molecule has 1 N–H and O–H groups in total. The van der Waals surface area contributed by atoms with E-state index in [1.54, 1.807) is 29.0 Å². The van der Waals surface area contributed by atoms with Crippen LogP contribution >= 0.6 is 0 Å². The summed E-state index contributed by atoms with van der Waals surface area (Å²) in [6.07, 6.45) is 5.26. The van der Waals surface area contributed by atoms with E-state index in [2.05, 4.69) is 17.0 Å². The number of nitrogens with one attached hydrogen (secondary N) is 1. The van der Waals surface area contributed by atoms with Crippen molar-refractivity contribution in [2.24, 2.45) is 0 Å². The van der Waals surface area contributed by atoms with Crippen molar-refractivity contribution in [3.05, 3.63) is 24.5 Å². The summed E-state index contributed by atoms with van der Waals surface area (Å²) in [6.45, 7) is 8.79. The van der Waals surface area contributed by atoms with Gasteiger partial charge in [-0.25, -0.2) is 4.68 Å². The fourth-order valence-electron chi connectivity index (χ4n) is 1.41. The van der Waals surface area contributed by atoms with E-state index in [4.69, 9.17) is 0 Å². The van der Waals surface area contributed by atoms with Crippen LogP contribution in [-0.2, 0) is 11.3 Å². The van der Waals surface area contributed by atoms with E-state index in [9.17, 15) is 4.79 Å². The summed E-state index contributed by atoms with van der Waals surface area (Å²) in [6, 6.07) is -0.188. The summed E-state index contributed by atoms with van der Waals surface area (Å²) in [5, 5.41) is 7.24. The maximum Gasteiger partial charge on any atom is 0.239 e. The third-order valence-corrected chi connectivity index (χ3v) is 2.68. The Morgan fingerprint density at radius 2 is 2.47 bits per heavy atom. The molecule has 1 heterocycles. The number of carbonyl (C=O) groups excluding carboxylic acids is 1. The third kappa shape index (κ3) is 3.71. The first-order valence-corrected chi connectivity index (χ1v) is 5.72. The fourth-order valence-corrected chi connectivity index (χ4v) is 1.41. The van der Waals surface area contributed by atoms with Gasteiger partial charge in [0.25, 0.3) is 0 Å².